The zero-order chi connectivity index (χ0) is 7.73. The maximum absolute atomic E-state index is 3.63. The van der Waals surface area contributed by atoms with Gasteiger partial charge in [-0.2, -0.15) is 11.8 Å². The van der Waals surface area contributed by atoms with E-state index in [2.05, 4.69) is 24.0 Å². The summed E-state index contributed by atoms with van der Waals surface area (Å²) in [5.74, 6) is 2.82. The van der Waals surface area contributed by atoms with E-state index < -0.39 is 0 Å². The van der Waals surface area contributed by atoms with E-state index in [1.165, 1.54) is 37.3 Å². The second kappa shape index (κ2) is 2.98. The fourth-order valence-corrected chi connectivity index (χ4v) is 4.15. The average molecular weight is 171 g/mol. The molecule has 2 rings (SSSR count). The summed E-state index contributed by atoms with van der Waals surface area (Å²) < 4.78 is 0. The van der Waals surface area contributed by atoms with Crippen LogP contribution in [0.2, 0.25) is 0 Å². The van der Waals surface area contributed by atoms with Crippen LogP contribution in [0.4, 0.5) is 0 Å². The van der Waals surface area contributed by atoms with Crippen LogP contribution >= 0.6 is 11.8 Å². The summed E-state index contributed by atoms with van der Waals surface area (Å²) in [6.45, 7) is 3.58. The molecule has 2 heteroatoms. The molecule has 1 N–H and O–H groups in total. The fraction of sp³-hybridized carbons (Fsp3) is 1.00. The van der Waals surface area contributed by atoms with E-state index in [0.29, 0.717) is 5.41 Å². The van der Waals surface area contributed by atoms with Gasteiger partial charge in [-0.05, 0) is 37.0 Å². The quantitative estimate of drug-likeness (QED) is 0.646. The van der Waals surface area contributed by atoms with E-state index in [9.17, 15) is 0 Å². The van der Waals surface area contributed by atoms with Crippen molar-refractivity contribution < 1.29 is 0 Å². The molecule has 2 aliphatic heterocycles. The maximum Gasteiger partial charge on any atom is 0.0130 e. The Kier molecular flexibility index (Phi) is 2.15. The summed E-state index contributed by atoms with van der Waals surface area (Å²) in [5.41, 5.74) is 0.708. The van der Waals surface area contributed by atoms with Crippen LogP contribution in [-0.2, 0) is 0 Å². The van der Waals surface area contributed by atoms with Gasteiger partial charge in [0.2, 0.25) is 0 Å². The summed E-state index contributed by atoms with van der Waals surface area (Å²) in [4.78, 5) is 0. The summed E-state index contributed by atoms with van der Waals surface area (Å²) in [5, 5.41) is 3.63. The van der Waals surface area contributed by atoms with E-state index in [1.54, 1.807) is 0 Å². The Bertz CT molecular complexity index is 135. The van der Waals surface area contributed by atoms with Gasteiger partial charge in [-0.3, -0.25) is 0 Å². The molecule has 1 nitrogen and oxygen atoms in total. The number of thioether (sulfide) groups is 1. The smallest absolute Gasteiger partial charge is 0.0130 e. The fourth-order valence-electron chi connectivity index (χ4n) is 2.56. The lowest BCUT2D eigenvalue weighted by molar-refractivity contribution is 0.283. The van der Waals surface area contributed by atoms with Gasteiger partial charge < -0.3 is 5.32 Å². The first-order chi connectivity index (χ1) is 5.37. The molecule has 0 radical (unpaired) electrons. The molecule has 0 amide bonds. The molecule has 0 bridgehead atoms. The molecule has 1 spiro atoms. The van der Waals surface area contributed by atoms with Crippen LogP contribution in [0.15, 0.2) is 0 Å². The highest BCUT2D eigenvalue weighted by Crippen LogP contribution is 2.45. The van der Waals surface area contributed by atoms with Gasteiger partial charge in [0, 0.05) is 11.8 Å². The van der Waals surface area contributed by atoms with Gasteiger partial charge in [0.05, 0.1) is 0 Å². The molecule has 64 valence electrons. The minimum atomic E-state index is 0.708. The third-order valence-corrected chi connectivity index (χ3v) is 4.57. The highest BCUT2D eigenvalue weighted by Gasteiger charge is 2.43. The van der Waals surface area contributed by atoms with Crippen molar-refractivity contribution in [3.05, 3.63) is 0 Å². The van der Waals surface area contributed by atoms with Gasteiger partial charge in [-0.25, -0.2) is 0 Å². The van der Waals surface area contributed by atoms with Gasteiger partial charge in [0.15, 0.2) is 0 Å². The van der Waals surface area contributed by atoms with Crippen molar-refractivity contribution in [3.63, 3.8) is 0 Å². The van der Waals surface area contributed by atoms with Crippen LogP contribution in [0.25, 0.3) is 0 Å². The molecule has 0 aromatic heterocycles. The van der Waals surface area contributed by atoms with Crippen LogP contribution < -0.4 is 5.32 Å². The third-order valence-electron chi connectivity index (χ3n) is 3.29. The van der Waals surface area contributed by atoms with Gasteiger partial charge in [-0.15, -0.1) is 0 Å². The van der Waals surface area contributed by atoms with Crippen LogP contribution in [-0.4, -0.2) is 24.1 Å². The number of hydrogen-bond donors (Lipinski definition) is 1. The number of rotatable bonds is 1. The van der Waals surface area contributed by atoms with Crippen LogP contribution in [0, 0.1) is 5.41 Å². The Morgan fingerprint density at radius 2 is 2.45 bits per heavy atom. The molecule has 2 heterocycles. The zero-order valence-electron chi connectivity index (χ0n) is 7.23. The van der Waals surface area contributed by atoms with Crippen molar-refractivity contribution in [2.24, 2.45) is 5.41 Å². The Morgan fingerprint density at radius 3 is 3.09 bits per heavy atom. The predicted octanol–water partition coefficient (Wildman–Crippen LogP) is 1.88. The molecular weight excluding hydrogens is 154 g/mol. The summed E-state index contributed by atoms with van der Waals surface area (Å²) >= 11 is 2.15. The highest BCUT2D eigenvalue weighted by molar-refractivity contribution is 7.99. The van der Waals surface area contributed by atoms with E-state index in [0.717, 1.165) is 6.04 Å². The van der Waals surface area contributed by atoms with Gasteiger partial charge in [0.25, 0.3) is 0 Å². The molecule has 2 unspecified atom stereocenters. The minimum absolute atomic E-state index is 0.708. The predicted molar refractivity (Wildman–Crippen MR) is 51.1 cm³/mol. The van der Waals surface area contributed by atoms with Gasteiger partial charge in [0.1, 0.15) is 0 Å². The van der Waals surface area contributed by atoms with Crippen LogP contribution in [0.3, 0.4) is 0 Å². The Labute approximate surface area is 73.3 Å². The first-order valence-electron chi connectivity index (χ1n) is 4.68. The summed E-state index contributed by atoms with van der Waals surface area (Å²) in [7, 11) is 0. The van der Waals surface area contributed by atoms with Crippen molar-refractivity contribution in [3.8, 4) is 0 Å². The van der Waals surface area contributed by atoms with Crippen LogP contribution in [0.1, 0.15) is 26.2 Å². The van der Waals surface area contributed by atoms with Gasteiger partial charge >= 0.3 is 0 Å². The Hall–Kier alpha value is 0.310. The maximum atomic E-state index is 3.63. The molecule has 0 aliphatic carbocycles. The van der Waals surface area contributed by atoms with Crippen molar-refractivity contribution >= 4 is 11.8 Å². The lowest BCUT2D eigenvalue weighted by Crippen LogP contribution is -2.36. The molecule has 2 atom stereocenters. The standard InChI is InChI=1S/C9H17NS/c1-2-8-9(3-5-10-8)4-6-11-7-9/h8,10H,2-7H2,1H3. The second-order valence-electron chi connectivity index (χ2n) is 3.83. The molecule has 2 aliphatic rings. The lowest BCUT2D eigenvalue weighted by Gasteiger charge is -2.28. The normalized spacial score (nSPS) is 43.9. The minimum Gasteiger partial charge on any atom is -0.313 e. The van der Waals surface area contributed by atoms with Gasteiger partial charge in [-0.1, -0.05) is 6.92 Å². The number of nitrogens with one attached hydrogen (secondary N) is 1. The van der Waals surface area contributed by atoms with E-state index >= 15 is 0 Å². The van der Waals surface area contributed by atoms with E-state index in [4.69, 9.17) is 0 Å². The van der Waals surface area contributed by atoms with Crippen molar-refractivity contribution in [2.45, 2.75) is 32.2 Å². The topological polar surface area (TPSA) is 12.0 Å². The summed E-state index contributed by atoms with van der Waals surface area (Å²) in [6, 6.07) is 0.831. The average Bonchev–Trinajstić information content (AvgIpc) is 2.62. The third kappa shape index (κ3) is 1.20. The van der Waals surface area contributed by atoms with Crippen molar-refractivity contribution in [1.29, 1.82) is 0 Å². The second-order valence-corrected chi connectivity index (χ2v) is 4.94. The molecule has 2 saturated heterocycles. The SMILES string of the molecule is CCC1NCCC12CCSC2. The molecule has 0 aromatic rings. The molecule has 2 fully saturated rings. The zero-order valence-corrected chi connectivity index (χ0v) is 8.04. The Balaban J connectivity index is 2.09. The van der Waals surface area contributed by atoms with Crippen LogP contribution in [0.5, 0.6) is 0 Å². The number of hydrogen-bond acceptors (Lipinski definition) is 2. The first kappa shape index (κ1) is 7.93. The largest absolute Gasteiger partial charge is 0.313 e. The van der Waals surface area contributed by atoms with E-state index in [1.807, 2.05) is 0 Å². The molecular formula is C9H17NS. The summed E-state index contributed by atoms with van der Waals surface area (Å²) in [6.07, 6.45) is 4.21. The molecule has 11 heavy (non-hydrogen) atoms. The Morgan fingerprint density at radius 1 is 1.55 bits per heavy atom. The van der Waals surface area contributed by atoms with Crippen molar-refractivity contribution in [2.75, 3.05) is 18.1 Å². The highest BCUT2D eigenvalue weighted by atomic mass is 32.2. The van der Waals surface area contributed by atoms with Crippen molar-refractivity contribution in [1.82, 2.24) is 5.32 Å². The monoisotopic (exact) mass is 171 g/mol. The first-order valence-corrected chi connectivity index (χ1v) is 5.84. The molecule has 0 aromatic carbocycles. The molecule has 0 saturated carbocycles. The lowest BCUT2D eigenvalue weighted by atomic mass is 9.79. The van der Waals surface area contributed by atoms with E-state index in [-0.39, 0.29) is 0 Å².